The van der Waals surface area contributed by atoms with Crippen LogP contribution >= 0.6 is 0 Å². The molecule has 1 saturated carbocycles. The normalized spacial score (nSPS) is 23.6. The number of guanidine groups is 1. The SMILES string of the molecule is CN=C(NCc1ccccc1-n1ccnc1)N1CC2CCCCC2C1. The molecule has 1 aliphatic heterocycles. The van der Waals surface area contributed by atoms with Gasteiger partial charge in [0, 0.05) is 39.1 Å². The van der Waals surface area contributed by atoms with E-state index in [2.05, 4.69) is 49.0 Å². The summed E-state index contributed by atoms with van der Waals surface area (Å²) in [6, 6.07) is 8.45. The molecule has 2 unspecified atom stereocenters. The van der Waals surface area contributed by atoms with Crippen molar-refractivity contribution >= 4 is 5.96 Å². The van der Waals surface area contributed by atoms with Crippen LogP contribution in [0, 0.1) is 11.8 Å². The van der Waals surface area contributed by atoms with Gasteiger partial charge >= 0.3 is 0 Å². The molecule has 132 valence electrons. The molecule has 4 rings (SSSR count). The molecule has 2 aromatic rings. The molecular weight excluding hydrogens is 310 g/mol. The number of nitrogens with one attached hydrogen (secondary N) is 1. The first-order chi connectivity index (χ1) is 12.3. The number of hydrogen-bond acceptors (Lipinski definition) is 2. The minimum absolute atomic E-state index is 0.771. The Kier molecular flexibility index (Phi) is 4.72. The zero-order valence-electron chi connectivity index (χ0n) is 14.9. The Morgan fingerprint density at radius 1 is 1.20 bits per heavy atom. The van der Waals surface area contributed by atoms with Crippen molar-refractivity contribution in [1.82, 2.24) is 19.8 Å². The first kappa shape index (κ1) is 16.2. The molecule has 2 atom stereocenters. The number of benzene rings is 1. The molecule has 0 radical (unpaired) electrons. The Hall–Kier alpha value is -2.30. The van der Waals surface area contributed by atoms with Gasteiger partial charge in [-0.25, -0.2) is 4.98 Å². The van der Waals surface area contributed by atoms with Crippen molar-refractivity contribution in [2.24, 2.45) is 16.8 Å². The Labute approximate surface area is 149 Å². The molecule has 2 heterocycles. The third-order valence-corrected chi connectivity index (χ3v) is 5.70. The Morgan fingerprint density at radius 3 is 2.64 bits per heavy atom. The van der Waals surface area contributed by atoms with Crippen LogP contribution in [-0.2, 0) is 6.54 Å². The molecule has 5 heteroatoms. The second kappa shape index (κ2) is 7.30. The zero-order valence-corrected chi connectivity index (χ0v) is 14.9. The van der Waals surface area contributed by atoms with Crippen LogP contribution in [-0.4, -0.2) is 40.5 Å². The van der Waals surface area contributed by atoms with Crippen LogP contribution in [0.15, 0.2) is 48.0 Å². The number of hydrogen-bond donors (Lipinski definition) is 1. The number of rotatable bonds is 3. The number of aromatic nitrogens is 2. The van der Waals surface area contributed by atoms with E-state index in [1.807, 2.05) is 25.8 Å². The van der Waals surface area contributed by atoms with E-state index in [1.165, 1.54) is 31.2 Å². The predicted octanol–water partition coefficient (Wildman–Crippen LogP) is 3.07. The van der Waals surface area contributed by atoms with Crippen LogP contribution < -0.4 is 5.32 Å². The van der Waals surface area contributed by atoms with E-state index in [0.29, 0.717) is 0 Å². The van der Waals surface area contributed by atoms with Gasteiger partial charge < -0.3 is 14.8 Å². The van der Waals surface area contributed by atoms with Gasteiger partial charge in [-0.15, -0.1) is 0 Å². The smallest absolute Gasteiger partial charge is 0.193 e. The number of imidazole rings is 1. The minimum Gasteiger partial charge on any atom is -0.352 e. The molecule has 1 aliphatic carbocycles. The molecule has 1 aromatic carbocycles. The maximum atomic E-state index is 4.55. The Morgan fingerprint density at radius 2 is 1.96 bits per heavy atom. The number of nitrogens with zero attached hydrogens (tertiary/aromatic N) is 4. The fraction of sp³-hybridized carbons (Fsp3) is 0.500. The van der Waals surface area contributed by atoms with Crippen molar-refractivity contribution in [3.05, 3.63) is 48.5 Å². The van der Waals surface area contributed by atoms with E-state index in [0.717, 1.165) is 43.1 Å². The van der Waals surface area contributed by atoms with Gasteiger partial charge in [-0.3, -0.25) is 4.99 Å². The van der Waals surface area contributed by atoms with Gasteiger partial charge in [0.25, 0.3) is 0 Å². The van der Waals surface area contributed by atoms with Crippen LogP contribution in [0.5, 0.6) is 0 Å². The summed E-state index contributed by atoms with van der Waals surface area (Å²) in [5, 5.41) is 3.58. The maximum Gasteiger partial charge on any atom is 0.193 e. The van der Waals surface area contributed by atoms with Gasteiger partial charge in [0.1, 0.15) is 0 Å². The van der Waals surface area contributed by atoms with Crippen LogP contribution in [0.4, 0.5) is 0 Å². The van der Waals surface area contributed by atoms with Crippen molar-refractivity contribution < 1.29 is 0 Å². The molecule has 2 fully saturated rings. The van der Waals surface area contributed by atoms with Gasteiger partial charge in [-0.05, 0) is 36.3 Å². The molecular formula is C20H27N5. The van der Waals surface area contributed by atoms with Gasteiger partial charge in [0.05, 0.1) is 12.0 Å². The van der Waals surface area contributed by atoms with Gasteiger partial charge in [0.2, 0.25) is 0 Å². The molecule has 1 saturated heterocycles. The summed E-state index contributed by atoms with van der Waals surface area (Å²) in [6.45, 7) is 3.09. The summed E-state index contributed by atoms with van der Waals surface area (Å²) in [4.78, 5) is 11.2. The van der Waals surface area contributed by atoms with Crippen LogP contribution in [0.3, 0.4) is 0 Å². The molecule has 0 amide bonds. The van der Waals surface area contributed by atoms with Crippen molar-refractivity contribution in [2.75, 3.05) is 20.1 Å². The predicted molar refractivity (Wildman–Crippen MR) is 101 cm³/mol. The second-order valence-electron chi connectivity index (χ2n) is 7.21. The zero-order chi connectivity index (χ0) is 17.1. The number of aliphatic imine (C=N–C) groups is 1. The first-order valence-corrected chi connectivity index (χ1v) is 9.37. The first-order valence-electron chi connectivity index (χ1n) is 9.37. The molecule has 0 spiro atoms. The Bertz CT molecular complexity index is 707. The Balaban J connectivity index is 1.44. The third kappa shape index (κ3) is 3.41. The lowest BCUT2D eigenvalue weighted by Gasteiger charge is -2.22. The van der Waals surface area contributed by atoms with E-state index in [4.69, 9.17) is 0 Å². The molecule has 25 heavy (non-hydrogen) atoms. The summed E-state index contributed by atoms with van der Waals surface area (Å²) < 4.78 is 2.06. The molecule has 2 aliphatic rings. The summed E-state index contributed by atoms with van der Waals surface area (Å²) >= 11 is 0. The molecule has 5 nitrogen and oxygen atoms in total. The van der Waals surface area contributed by atoms with Crippen molar-refractivity contribution in [3.8, 4) is 5.69 Å². The molecule has 0 bridgehead atoms. The fourth-order valence-electron chi connectivity index (χ4n) is 4.40. The van der Waals surface area contributed by atoms with Gasteiger partial charge in [0.15, 0.2) is 5.96 Å². The maximum absolute atomic E-state index is 4.55. The highest BCUT2D eigenvalue weighted by molar-refractivity contribution is 5.80. The monoisotopic (exact) mass is 337 g/mol. The summed E-state index contributed by atoms with van der Waals surface area (Å²) in [5.41, 5.74) is 2.41. The van der Waals surface area contributed by atoms with Crippen molar-refractivity contribution in [2.45, 2.75) is 32.2 Å². The van der Waals surface area contributed by atoms with Crippen molar-refractivity contribution in [3.63, 3.8) is 0 Å². The fourth-order valence-corrected chi connectivity index (χ4v) is 4.40. The summed E-state index contributed by atoms with van der Waals surface area (Å²) in [6.07, 6.45) is 11.2. The quantitative estimate of drug-likeness (QED) is 0.691. The van der Waals surface area contributed by atoms with E-state index in [1.54, 1.807) is 0 Å². The third-order valence-electron chi connectivity index (χ3n) is 5.70. The van der Waals surface area contributed by atoms with E-state index in [-0.39, 0.29) is 0 Å². The van der Waals surface area contributed by atoms with Crippen molar-refractivity contribution in [1.29, 1.82) is 0 Å². The molecule has 1 N–H and O–H groups in total. The average Bonchev–Trinajstić information content (AvgIpc) is 3.32. The second-order valence-corrected chi connectivity index (χ2v) is 7.21. The van der Waals surface area contributed by atoms with Crippen LogP contribution in [0.25, 0.3) is 5.69 Å². The largest absolute Gasteiger partial charge is 0.352 e. The van der Waals surface area contributed by atoms with Crippen LogP contribution in [0.1, 0.15) is 31.2 Å². The van der Waals surface area contributed by atoms with E-state index in [9.17, 15) is 0 Å². The van der Waals surface area contributed by atoms with Gasteiger partial charge in [-0.2, -0.15) is 0 Å². The highest BCUT2D eigenvalue weighted by atomic mass is 15.3. The number of para-hydroxylation sites is 1. The minimum atomic E-state index is 0.771. The standard InChI is InChI=1S/C20H27N5/c1-21-20(25-13-17-7-2-3-8-18(17)14-25)23-12-16-6-4-5-9-19(16)24-11-10-22-15-24/h4-6,9-11,15,17-18H,2-3,7-8,12-14H2,1H3,(H,21,23). The van der Waals surface area contributed by atoms with Crippen LogP contribution in [0.2, 0.25) is 0 Å². The number of likely N-dealkylation sites (tertiary alicyclic amines) is 1. The van der Waals surface area contributed by atoms with E-state index >= 15 is 0 Å². The van der Waals surface area contributed by atoms with Gasteiger partial charge in [-0.1, -0.05) is 31.0 Å². The van der Waals surface area contributed by atoms with E-state index < -0.39 is 0 Å². The highest BCUT2D eigenvalue weighted by Gasteiger charge is 2.35. The average molecular weight is 337 g/mol. The molecule has 1 aromatic heterocycles. The summed E-state index contributed by atoms with van der Waals surface area (Å²) in [5.74, 6) is 2.77. The lowest BCUT2D eigenvalue weighted by molar-refractivity contribution is 0.299. The lowest BCUT2D eigenvalue weighted by atomic mass is 9.82. The topological polar surface area (TPSA) is 45.5 Å². The summed E-state index contributed by atoms with van der Waals surface area (Å²) in [7, 11) is 1.89. The lowest BCUT2D eigenvalue weighted by Crippen LogP contribution is -2.40. The highest BCUT2D eigenvalue weighted by Crippen LogP contribution is 2.35. The number of fused-ring (bicyclic) bond motifs is 1.